The van der Waals surface area contributed by atoms with Gasteiger partial charge in [-0.1, -0.05) is 6.42 Å². The molecule has 1 atom stereocenters. The van der Waals surface area contributed by atoms with E-state index in [4.69, 9.17) is 15.2 Å². The molecule has 110 valence electrons. The number of nitrogens with zero attached hydrogens (tertiary/aromatic N) is 1. The summed E-state index contributed by atoms with van der Waals surface area (Å²) in [6, 6.07) is 6.08. The molecule has 1 unspecified atom stereocenters. The highest BCUT2D eigenvalue weighted by Crippen LogP contribution is 2.43. The van der Waals surface area contributed by atoms with Gasteiger partial charge >= 0.3 is 0 Å². The van der Waals surface area contributed by atoms with Crippen LogP contribution in [0.4, 0.5) is 0 Å². The molecule has 0 aliphatic carbocycles. The number of hydrogen-bond acceptors (Lipinski definition) is 4. The molecule has 1 aromatic carbocycles. The average Bonchev–Trinajstić information content (AvgIpc) is 2.54. The van der Waals surface area contributed by atoms with Crippen LogP contribution in [0.2, 0.25) is 0 Å². The fourth-order valence-corrected chi connectivity index (χ4v) is 3.58. The topological polar surface area (TPSA) is 47.7 Å². The monoisotopic (exact) mass is 276 g/mol. The number of hydrogen-bond donors (Lipinski definition) is 1. The van der Waals surface area contributed by atoms with Crippen molar-refractivity contribution in [2.24, 2.45) is 5.73 Å². The standard InChI is InChI=1S/C16H24N2O2/c1-19-13-5-6-15-14(11-13)16(12-17,7-10-20-15)18-8-3-2-4-9-18/h5-6,11H,2-4,7-10,12,17H2,1H3. The molecule has 2 aliphatic rings. The van der Waals surface area contributed by atoms with Crippen molar-refractivity contribution < 1.29 is 9.47 Å². The maximum Gasteiger partial charge on any atom is 0.124 e. The summed E-state index contributed by atoms with van der Waals surface area (Å²) in [7, 11) is 1.70. The van der Waals surface area contributed by atoms with Crippen molar-refractivity contribution in [3.8, 4) is 11.5 Å². The third kappa shape index (κ3) is 2.17. The van der Waals surface area contributed by atoms with Crippen LogP contribution in [-0.2, 0) is 5.54 Å². The van der Waals surface area contributed by atoms with Crippen molar-refractivity contribution in [1.29, 1.82) is 0 Å². The van der Waals surface area contributed by atoms with E-state index in [0.29, 0.717) is 6.54 Å². The van der Waals surface area contributed by atoms with Gasteiger partial charge in [0.25, 0.3) is 0 Å². The molecular formula is C16H24N2O2. The van der Waals surface area contributed by atoms with E-state index < -0.39 is 0 Å². The molecule has 0 radical (unpaired) electrons. The van der Waals surface area contributed by atoms with Crippen LogP contribution in [0.25, 0.3) is 0 Å². The maximum absolute atomic E-state index is 6.24. The van der Waals surface area contributed by atoms with Gasteiger partial charge in [0.05, 0.1) is 19.3 Å². The third-order valence-electron chi connectivity index (χ3n) is 4.76. The summed E-state index contributed by atoms with van der Waals surface area (Å²) in [5.74, 6) is 1.84. The van der Waals surface area contributed by atoms with E-state index in [2.05, 4.69) is 11.0 Å². The average molecular weight is 276 g/mol. The molecule has 2 heterocycles. The second kappa shape index (κ2) is 5.62. The summed E-state index contributed by atoms with van der Waals surface area (Å²) in [6.45, 7) is 3.64. The van der Waals surface area contributed by atoms with Gasteiger partial charge in [0.2, 0.25) is 0 Å². The Hall–Kier alpha value is -1.26. The summed E-state index contributed by atoms with van der Waals surface area (Å²) in [5, 5.41) is 0. The summed E-state index contributed by atoms with van der Waals surface area (Å²) in [5.41, 5.74) is 7.36. The Bertz CT molecular complexity index is 472. The first-order valence-corrected chi connectivity index (χ1v) is 7.56. The van der Waals surface area contributed by atoms with Gasteiger partial charge < -0.3 is 15.2 Å². The van der Waals surface area contributed by atoms with Gasteiger partial charge in [-0.15, -0.1) is 0 Å². The molecule has 0 bridgehead atoms. The number of benzene rings is 1. The Morgan fingerprint density at radius 2 is 2.10 bits per heavy atom. The van der Waals surface area contributed by atoms with Crippen molar-refractivity contribution in [3.05, 3.63) is 23.8 Å². The Balaban J connectivity index is 2.03. The summed E-state index contributed by atoms with van der Waals surface area (Å²) in [6.07, 6.45) is 4.83. The van der Waals surface area contributed by atoms with Gasteiger partial charge in [0.15, 0.2) is 0 Å². The molecule has 1 saturated heterocycles. The van der Waals surface area contributed by atoms with Gasteiger partial charge in [-0.05, 0) is 44.1 Å². The normalized spacial score (nSPS) is 26.7. The van der Waals surface area contributed by atoms with E-state index in [1.165, 1.54) is 24.8 Å². The van der Waals surface area contributed by atoms with Gasteiger partial charge in [0.1, 0.15) is 11.5 Å². The highest BCUT2D eigenvalue weighted by Gasteiger charge is 2.42. The lowest BCUT2D eigenvalue weighted by Gasteiger charge is -2.48. The lowest BCUT2D eigenvalue weighted by atomic mass is 9.81. The van der Waals surface area contributed by atoms with Crippen LogP contribution in [-0.4, -0.2) is 38.3 Å². The zero-order chi connectivity index (χ0) is 14.0. The molecule has 2 N–H and O–H groups in total. The van der Waals surface area contributed by atoms with Crippen LogP contribution in [0, 0.1) is 0 Å². The molecule has 2 aliphatic heterocycles. The van der Waals surface area contributed by atoms with Crippen LogP contribution >= 0.6 is 0 Å². The van der Waals surface area contributed by atoms with Gasteiger partial charge in [0, 0.05) is 18.5 Å². The summed E-state index contributed by atoms with van der Waals surface area (Å²) in [4.78, 5) is 2.57. The van der Waals surface area contributed by atoms with Crippen molar-refractivity contribution >= 4 is 0 Å². The Labute approximate surface area is 120 Å². The lowest BCUT2D eigenvalue weighted by molar-refractivity contribution is 0.0330. The Morgan fingerprint density at radius 3 is 2.80 bits per heavy atom. The smallest absolute Gasteiger partial charge is 0.124 e. The number of piperidine rings is 1. The summed E-state index contributed by atoms with van der Waals surface area (Å²) < 4.78 is 11.2. The van der Waals surface area contributed by atoms with Crippen molar-refractivity contribution in [2.45, 2.75) is 31.2 Å². The predicted octanol–water partition coefficient (Wildman–Crippen LogP) is 2.12. The zero-order valence-electron chi connectivity index (χ0n) is 12.2. The van der Waals surface area contributed by atoms with E-state index in [0.717, 1.165) is 37.6 Å². The second-order valence-corrected chi connectivity index (χ2v) is 5.74. The Morgan fingerprint density at radius 1 is 1.30 bits per heavy atom. The first-order valence-electron chi connectivity index (χ1n) is 7.56. The molecular weight excluding hydrogens is 252 g/mol. The number of methoxy groups -OCH3 is 1. The Kier molecular flexibility index (Phi) is 3.85. The second-order valence-electron chi connectivity index (χ2n) is 5.74. The molecule has 0 aromatic heterocycles. The van der Waals surface area contributed by atoms with Gasteiger partial charge in [-0.25, -0.2) is 0 Å². The van der Waals surface area contributed by atoms with Crippen LogP contribution in [0.15, 0.2) is 18.2 Å². The number of nitrogens with two attached hydrogens (primary N) is 1. The number of rotatable bonds is 3. The fourth-order valence-electron chi connectivity index (χ4n) is 3.58. The van der Waals surface area contributed by atoms with E-state index >= 15 is 0 Å². The van der Waals surface area contributed by atoms with E-state index in [1.54, 1.807) is 7.11 Å². The molecule has 4 heteroatoms. The van der Waals surface area contributed by atoms with E-state index in [9.17, 15) is 0 Å². The third-order valence-corrected chi connectivity index (χ3v) is 4.76. The quantitative estimate of drug-likeness (QED) is 0.918. The fraction of sp³-hybridized carbons (Fsp3) is 0.625. The minimum atomic E-state index is -0.0808. The van der Waals surface area contributed by atoms with Crippen molar-refractivity contribution in [3.63, 3.8) is 0 Å². The van der Waals surface area contributed by atoms with Crippen LogP contribution in [0.5, 0.6) is 11.5 Å². The van der Waals surface area contributed by atoms with Crippen LogP contribution in [0.3, 0.4) is 0 Å². The van der Waals surface area contributed by atoms with Crippen LogP contribution in [0.1, 0.15) is 31.2 Å². The highest BCUT2D eigenvalue weighted by atomic mass is 16.5. The van der Waals surface area contributed by atoms with Crippen molar-refractivity contribution in [2.75, 3.05) is 33.4 Å². The molecule has 1 fully saturated rings. The zero-order valence-corrected chi connectivity index (χ0v) is 12.2. The first kappa shape index (κ1) is 13.7. The molecule has 0 saturated carbocycles. The number of fused-ring (bicyclic) bond motifs is 1. The lowest BCUT2D eigenvalue weighted by Crippen LogP contribution is -2.55. The molecule has 0 amide bonds. The largest absolute Gasteiger partial charge is 0.497 e. The van der Waals surface area contributed by atoms with Gasteiger partial charge in [-0.3, -0.25) is 4.90 Å². The van der Waals surface area contributed by atoms with E-state index in [-0.39, 0.29) is 5.54 Å². The highest BCUT2D eigenvalue weighted by molar-refractivity contribution is 5.46. The molecule has 4 nitrogen and oxygen atoms in total. The minimum absolute atomic E-state index is 0.0808. The number of likely N-dealkylation sites (tertiary alicyclic amines) is 1. The SMILES string of the molecule is COc1ccc2c(c1)C(CN)(N1CCCCC1)CCO2. The predicted molar refractivity (Wildman–Crippen MR) is 79.3 cm³/mol. The van der Waals surface area contributed by atoms with Crippen LogP contribution < -0.4 is 15.2 Å². The molecule has 3 rings (SSSR count). The molecule has 0 spiro atoms. The molecule has 20 heavy (non-hydrogen) atoms. The maximum atomic E-state index is 6.24. The number of ether oxygens (including phenoxy) is 2. The summed E-state index contributed by atoms with van der Waals surface area (Å²) >= 11 is 0. The van der Waals surface area contributed by atoms with Crippen molar-refractivity contribution in [1.82, 2.24) is 4.90 Å². The minimum Gasteiger partial charge on any atom is -0.497 e. The van der Waals surface area contributed by atoms with Gasteiger partial charge in [-0.2, -0.15) is 0 Å². The first-order chi connectivity index (χ1) is 9.80. The van der Waals surface area contributed by atoms with E-state index in [1.807, 2.05) is 12.1 Å². The molecule has 1 aromatic rings.